The minimum Gasteiger partial charge on any atom is -0.477 e. The van der Waals surface area contributed by atoms with Crippen molar-refractivity contribution in [3.63, 3.8) is 0 Å². The molecular formula is C23H29FN4O4. The van der Waals surface area contributed by atoms with Crippen molar-refractivity contribution >= 4 is 23.1 Å². The van der Waals surface area contributed by atoms with Gasteiger partial charge in [-0.25, -0.2) is 9.18 Å². The van der Waals surface area contributed by atoms with E-state index in [4.69, 9.17) is 5.73 Å². The van der Waals surface area contributed by atoms with E-state index >= 15 is 4.39 Å². The number of carbonyl (C=O) groups is 2. The highest BCUT2D eigenvalue weighted by atomic mass is 19.1. The number of fused-ring (bicyclic) bond motifs is 1. The Kier molecular flexibility index (Phi) is 5.94. The number of nitrogens with zero attached hydrogens (tertiary/aromatic N) is 2. The van der Waals surface area contributed by atoms with Gasteiger partial charge in [-0.15, -0.1) is 0 Å². The number of rotatable bonds is 7. The van der Waals surface area contributed by atoms with Crippen molar-refractivity contribution in [1.82, 2.24) is 9.72 Å². The molecule has 1 amide bonds. The minimum atomic E-state index is -1.31. The molecule has 2 aliphatic rings. The van der Waals surface area contributed by atoms with E-state index in [0.29, 0.717) is 42.7 Å². The van der Waals surface area contributed by atoms with E-state index in [2.05, 4.69) is 5.32 Å². The molecule has 2 atom stereocenters. The molecule has 0 unspecified atom stereocenters. The van der Waals surface area contributed by atoms with Gasteiger partial charge in [-0.05, 0) is 55.7 Å². The SMILES string of the molecule is CCC[C@H](N)C(=O)N[C@H]1CCN(c2c(F)cn3c(=O)c(C(=O)O)cc(C4CC4)c3c2C)C1. The second kappa shape index (κ2) is 8.54. The summed E-state index contributed by atoms with van der Waals surface area (Å²) in [6.07, 6.45) is 5.01. The van der Waals surface area contributed by atoms with Crippen molar-refractivity contribution in [3.05, 3.63) is 45.1 Å². The maximum Gasteiger partial charge on any atom is 0.341 e. The normalized spacial score (nSPS) is 19.4. The molecule has 0 radical (unpaired) electrons. The number of aryl methyl sites for hydroxylation is 1. The Morgan fingerprint density at radius 3 is 2.69 bits per heavy atom. The van der Waals surface area contributed by atoms with Gasteiger partial charge in [0.25, 0.3) is 5.56 Å². The quantitative estimate of drug-likeness (QED) is 0.602. The molecule has 4 rings (SSSR count). The van der Waals surface area contributed by atoms with Gasteiger partial charge in [-0.2, -0.15) is 0 Å². The molecular weight excluding hydrogens is 415 g/mol. The summed E-state index contributed by atoms with van der Waals surface area (Å²) >= 11 is 0. The summed E-state index contributed by atoms with van der Waals surface area (Å²) in [6.45, 7) is 4.73. The number of nitrogens with two attached hydrogens (primary N) is 1. The number of anilines is 1. The van der Waals surface area contributed by atoms with Crippen LogP contribution >= 0.6 is 0 Å². The number of aromatic nitrogens is 1. The number of nitrogens with one attached hydrogen (secondary N) is 1. The molecule has 0 aromatic carbocycles. The van der Waals surface area contributed by atoms with Crippen LogP contribution < -0.4 is 21.5 Å². The number of carboxylic acid groups (broad SMARTS) is 1. The number of halogens is 1. The number of carbonyl (C=O) groups excluding carboxylic acids is 1. The van der Waals surface area contributed by atoms with Crippen molar-refractivity contribution < 1.29 is 19.1 Å². The Morgan fingerprint density at radius 1 is 1.34 bits per heavy atom. The lowest BCUT2D eigenvalue weighted by Crippen LogP contribution is -2.46. The third-order valence-electron chi connectivity index (χ3n) is 6.48. The first-order valence-electron chi connectivity index (χ1n) is 11.2. The Hall–Kier alpha value is -2.94. The average Bonchev–Trinajstić information content (AvgIpc) is 3.48. The van der Waals surface area contributed by atoms with Crippen LogP contribution in [0, 0.1) is 12.7 Å². The van der Waals surface area contributed by atoms with Crippen molar-refractivity contribution in [2.24, 2.45) is 5.73 Å². The van der Waals surface area contributed by atoms with Crippen LogP contribution in [0.5, 0.6) is 0 Å². The fraction of sp³-hybridized carbons (Fsp3) is 0.522. The first-order valence-corrected chi connectivity index (χ1v) is 11.2. The molecule has 32 heavy (non-hydrogen) atoms. The van der Waals surface area contributed by atoms with Crippen LogP contribution in [0.15, 0.2) is 17.1 Å². The van der Waals surface area contributed by atoms with Gasteiger partial charge < -0.3 is 21.1 Å². The Morgan fingerprint density at radius 2 is 2.06 bits per heavy atom. The number of aromatic carboxylic acids is 1. The van der Waals surface area contributed by atoms with Crippen molar-refractivity contribution in [2.75, 3.05) is 18.0 Å². The number of hydrogen-bond acceptors (Lipinski definition) is 5. The van der Waals surface area contributed by atoms with Crippen molar-refractivity contribution in [3.8, 4) is 0 Å². The van der Waals surface area contributed by atoms with Gasteiger partial charge in [0.1, 0.15) is 5.56 Å². The third-order valence-corrected chi connectivity index (χ3v) is 6.48. The lowest BCUT2D eigenvalue weighted by atomic mass is 10.0. The molecule has 1 aliphatic heterocycles. The van der Waals surface area contributed by atoms with Crippen molar-refractivity contribution in [2.45, 2.75) is 64.0 Å². The van der Waals surface area contributed by atoms with Gasteiger partial charge in [0.2, 0.25) is 5.91 Å². The van der Waals surface area contributed by atoms with Gasteiger partial charge >= 0.3 is 5.97 Å². The van der Waals surface area contributed by atoms with Crippen LogP contribution in [0.4, 0.5) is 10.1 Å². The van der Waals surface area contributed by atoms with E-state index in [9.17, 15) is 19.5 Å². The zero-order valence-electron chi connectivity index (χ0n) is 18.4. The topological polar surface area (TPSA) is 117 Å². The zero-order valence-corrected chi connectivity index (χ0v) is 18.4. The first-order chi connectivity index (χ1) is 15.2. The maximum absolute atomic E-state index is 15.3. The molecule has 8 nitrogen and oxygen atoms in total. The molecule has 9 heteroatoms. The molecule has 2 aromatic heterocycles. The van der Waals surface area contributed by atoms with Crippen molar-refractivity contribution in [1.29, 1.82) is 0 Å². The molecule has 172 valence electrons. The standard InChI is InChI=1S/C23H29FN4O4/c1-3-4-18(25)21(29)26-14-7-8-27(10-14)20-12(2)19-15(13-5-6-13)9-16(23(31)32)22(30)28(19)11-17(20)24/h9,11,13-14,18H,3-8,10,25H2,1-2H3,(H,26,29)(H,31,32)/t14-,18-/m0/s1. The summed E-state index contributed by atoms with van der Waals surface area (Å²) in [4.78, 5) is 38.5. The highest BCUT2D eigenvalue weighted by Crippen LogP contribution is 2.44. The van der Waals surface area contributed by atoms with E-state index < -0.39 is 23.4 Å². The van der Waals surface area contributed by atoms with E-state index in [-0.39, 0.29) is 23.4 Å². The van der Waals surface area contributed by atoms with Crippen LogP contribution in [0.1, 0.15) is 66.4 Å². The molecule has 0 bridgehead atoms. The monoisotopic (exact) mass is 444 g/mol. The van der Waals surface area contributed by atoms with Gasteiger partial charge in [-0.1, -0.05) is 13.3 Å². The maximum atomic E-state index is 15.3. The molecule has 2 aromatic rings. The number of amides is 1. The fourth-order valence-corrected chi connectivity index (χ4v) is 4.72. The minimum absolute atomic E-state index is 0.139. The average molecular weight is 445 g/mol. The predicted molar refractivity (Wildman–Crippen MR) is 119 cm³/mol. The summed E-state index contributed by atoms with van der Waals surface area (Å²) in [6, 6.07) is 0.763. The molecule has 1 aliphatic carbocycles. The van der Waals surface area contributed by atoms with E-state index in [1.165, 1.54) is 6.07 Å². The highest BCUT2D eigenvalue weighted by molar-refractivity contribution is 5.89. The Bertz CT molecular complexity index is 1140. The summed E-state index contributed by atoms with van der Waals surface area (Å²) in [5.41, 5.74) is 7.18. The molecule has 4 N–H and O–H groups in total. The van der Waals surface area contributed by atoms with Crippen LogP contribution in [0.3, 0.4) is 0 Å². The number of pyridine rings is 2. The van der Waals surface area contributed by atoms with Crippen LogP contribution in [-0.4, -0.2) is 46.6 Å². The molecule has 1 saturated heterocycles. The smallest absolute Gasteiger partial charge is 0.341 e. The lowest BCUT2D eigenvalue weighted by Gasteiger charge is -2.24. The largest absolute Gasteiger partial charge is 0.477 e. The van der Waals surface area contributed by atoms with Crippen LogP contribution in [0.25, 0.3) is 5.52 Å². The van der Waals surface area contributed by atoms with Crippen LogP contribution in [-0.2, 0) is 4.79 Å². The van der Waals surface area contributed by atoms with E-state index in [0.717, 1.165) is 35.4 Å². The fourth-order valence-electron chi connectivity index (χ4n) is 4.72. The molecule has 3 heterocycles. The number of carboxylic acids is 1. The molecule has 1 saturated carbocycles. The lowest BCUT2D eigenvalue weighted by molar-refractivity contribution is -0.123. The second-order valence-electron chi connectivity index (χ2n) is 8.90. The zero-order chi connectivity index (χ0) is 23.2. The summed E-state index contributed by atoms with van der Waals surface area (Å²) in [5, 5.41) is 12.4. The van der Waals surface area contributed by atoms with Gasteiger partial charge in [0.05, 0.1) is 23.4 Å². The van der Waals surface area contributed by atoms with Gasteiger partial charge in [0.15, 0.2) is 5.82 Å². The molecule has 0 spiro atoms. The van der Waals surface area contributed by atoms with E-state index in [1.807, 2.05) is 11.8 Å². The summed E-state index contributed by atoms with van der Waals surface area (Å²) in [5.74, 6) is -1.92. The predicted octanol–water partition coefficient (Wildman–Crippen LogP) is 2.14. The van der Waals surface area contributed by atoms with Gasteiger partial charge in [-0.3, -0.25) is 14.0 Å². The van der Waals surface area contributed by atoms with Crippen LogP contribution in [0.2, 0.25) is 0 Å². The molecule has 2 fully saturated rings. The first kappa shape index (κ1) is 22.3. The Labute approximate surface area is 185 Å². The number of hydrogen-bond donors (Lipinski definition) is 3. The Balaban J connectivity index is 1.69. The third kappa shape index (κ3) is 3.97. The van der Waals surface area contributed by atoms with Gasteiger partial charge in [0, 0.05) is 19.1 Å². The van der Waals surface area contributed by atoms with E-state index in [1.54, 1.807) is 6.92 Å². The highest BCUT2D eigenvalue weighted by Gasteiger charge is 2.33. The summed E-state index contributed by atoms with van der Waals surface area (Å²) in [7, 11) is 0. The summed E-state index contributed by atoms with van der Waals surface area (Å²) < 4.78 is 16.4. The second-order valence-corrected chi connectivity index (χ2v) is 8.90.